The van der Waals surface area contributed by atoms with Crippen LogP contribution in [0.25, 0.3) is 0 Å². The van der Waals surface area contributed by atoms with E-state index < -0.39 is 12.3 Å². The van der Waals surface area contributed by atoms with Gasteiger partial charge in [0.2, 0.25) is 5.13 Å². The number of carbonyl (C=O) groups is 1. The number of unbranched alkanes of at least 4 members (excludes halogenated alkanes) is 3. The summed E-state index contributed by atoms with van der Waals surface area (Å²) < 4.78 is 10.6. The largest absolute Gasteiger partial charge is 0.469 e. The van der Waals surface area contributed by atoms with Crippen molar-refractivity contribution in [3.8, 4) is 5.19 Å². The summed E-state index contributed by atoms with van der Waals surface area (Å²) in [6.07, 6.45) is 3.43. The number of aromatic nitrogens is 2. The second kappa shape index (κ2) is 8.42. The predicted octanol–water partition coefficient (Wildman–Crippen LogP) is 1.70. The highest BCUT2D eigenvalue weighted by Gasteiger charge is 2.45. The van der Waals surface area contributed by atoms with Crippen LogP contribution in [0.4, 0.5) is 9.93 Å². The lowest BCUT2D eigenvalue weighted by molar-refractivity contribution is 0.0633. The second-order valence-electron chi connectivity index (χ2n) is 5.46. The number of hydrogen-bond donors (Lipinski definition) is 1. The van der Waals surface area contributed by atoms with Gasteiger partial charge in [-0.15, -0.1) is 5.10 Å². The number of aliphatic hydroxyl groups is 1. The molecule has 2 rings (SSSR count). The zero-order chi connectivity index (χ0) is 16.8. The van der Waals surface area contributed by atoms with Crippen molar-refractivity contribution in [1.82, 2.24) is 15.1 Å². The number of rotatable bonds is 9. The molecule has 2 unspecified atom stereocenters. The number of hydrogen-bond acceptors (Lipinski definition) is 7. The maximum atomic E-state index is 12.3. The molecule has 0 saturated carbocycles. The molecule has 8 nitrogen and oxygen atoms in total. The third kappa shape index (κ3) is 4.10. The molecule has 0 radical (unpaired) electrons. The average Bonchev–Trinajstić information content (AvgIpc) is 3.07. The minimum atomic E-state index is -1.02. The Morgan fingerprint density at radius 1 is 1.30 bits per heavy atom. The zero-order valence-electron chi connectivity index (χ0n) is 13.8. The molecule has 0 bridgehead atoms. The van der Waals surface area contributed by atoms with E-state index in [1.165, 1.54) is 29.8 Å². The fraction of sp³-hybridized carbons (Fsp3) is 0.786. The van der Waals surface area contributed by atoms with Crippen molar-refractivity contribution in [3.05, 3.63) is 0 Å². The number of likely N-dealkylation sites (N-methyl/N-ethyl adjacent to an activating group) is 1. The summed E-state index contributed by atoms with van der Waals surface area (Å²) in [5.41, 5.74) is 0. The third-order valence-electron chi connectivity index (χ3n) is 3.78. The fourth-order valence-corrected chi connectivity index (χ4v) is 3.15. The number of ether oxygens (including phenoxy) is 2. The molecule has 1 aliphatic heterocycles. The maximum absolute atomic E-state index is 12.3. The van der Waals surface area contributed by atoms with Gasteiger partial charge in [0.15, 0.2) is 6.23 Å². The summed E-state index contributed by atoms with van der Waals surface area (Å²) in [7, 11) is 3.16. The Kier molecular flexibility index (Phi) is 6.55. The van der Waals surface area contributed by atoms with E-state index in [4.69, 9.17) is 9.47 Å². The number of anilines is 1. The molecule has 2 heterocycles. The van der Waals surface area contributed by atoms with Crippen LogP contribution in [-0.2, 0) is 4.74 Å². The number of methoxy groups -OCH3 is 1. The summed E-state index contributed by atoms with van der Waals surface area (Å²) in [6.45, 7) is 2.99. The first kappa shape index (κ1) is 17.9. The normalized spacial score (nSPS) is 21.3. The maximum Gasteiger partial charge on any atom is 0.328 e. The van der Waals surface area contributed by atoms with Crippen molar-refractivity contribution >= 4 is 22.5 Å². The number of nitrogens with zero attached hydrogens (tertiary/aromatic N) is 4. The molecule has 130 valence electrons. The molecule has 2 atom stereocenters. The first-order chi connectivity index (χ1) is 11.1. The van der Waals surface area contributed by atoms with Crippen LogP contribution in [0.3, 0.4) is 0 Å². The van der Waals surface area contributed by atoms with Crippen molar-refractivity contribution in [2.24, 2.45) is 0 Å². The van der Waals surface area contributed by atoms with E-state index in [0.29, 0.717) is 16.9 Å². The predicted molar refractivity (Wildman–Crippen MR) is 86.9 cm³/mol. The van der Waals surface area contributed by atoms with Gasteiger partial charge in [-0.25, -0.2) is 9.69 Å². The molecule has 1 aliphatic rings. The molecule has 1 aromatic heterocycles. The first-order valence-corrected chi connectivity index (χ1v) is 8.61. The Labute approximate surface area is 140 Å². The highest BCUT2D eigenvalue weighted by molar-refractivity contribution is 7.17. The van der Waals surface area contributed by atoms with Gasteiger partial charge in [0, 0.05) is 14.2 Å². The monoisotopic (exact) mass is 344 g/mol. The molecule has 1 aromatic rings. The van der Waals surface area contributed by atoms with Gasteiger partial charge in [-0.05, 0) is 17.8 Å². The van der Waals surface area contributed by atoms with Gasteiger partial charge in [-0.1, -0.05) is 31.3 Å². The lowest BCUT2D eigenvalue weighted by Crippen LogP contribution is -2.39. The van der Waals surface area contributed by atoms with Crippen molar-refractivity contribution in [1.29, 1.82) is 0 Å². The Morgan fingerprint density at radius 2 is 2.09 bits per heavy atom. The Bertz CT molecular complexity index is 513. The molecule has 0 spiro atoms. The number of urea groups is 1. The van der Waals surface area contributed by atoms with Crippen LogP contribution in [0.5, 0.6) is 5.19 Å². The van der Waals surface area contributed by atoms with Crippen LogP contribution in [-0.4, -0.2) is 65.9 Å². The molecular formula is C14H24N4O4S. The van der Waals surface area contributed by atoms with E-state index in [-0.39, 0.29) is 12.6 Å². The summed E-state index contributed by atoms with van der Waals surface area (Å²) in [5, 5.41) is 19.0. The van der Waals surface area contributed by atoms with Gasteiger partial charge < -0.3 is 19.5 Å². The van der Waals surface area contributed by atoms with Crippen molar-refractivity contribution in [2.45, 2.75) is 44.9 Å². The van der Waals surface area contributed by atoms with Crippen molar-refractivity contribution in [2.75, 3.05) is 32.3 Å². The van der Waals surface area contributed by atoms with Crippen LogP contribution in [0, 0.1) is 0 Å². The topological polar surface area (TPSA) is 88.0 Å². The van der Waals surface area contributed by atoms with Gasteiger partial charge >= 0.3 is 6.03 Å². The van der Waals surface area contributed by atoms with Crippen LogP contribution in [0.1, 0.15) is 32.6 Å². The lowest BCUT2D eigenvalue weighted by atomic mass is 10.2. The van der Waals surface area contributed by atoms with Gasteiger partial charge in [-0.2, -0.15) is 0 Å². The van der Waals surface area contributed by atoms with Crippen LogP contribution < -0.4 is 9.64 Å². The number of amides is 2. The molecule has 1 N–H and O–H groups in total. The molecule has 1 saturated heterocycles. The van der Waals surface area contributed by atoms with E-state index in [2.05, 4.69) is 17.1 Å². The standard InChI is InChI=1S/C14H24N4O4S/c1-4-5-6-7-8-22-13-16-15-12(23-13)18-11(19)10(9-21-3)17(2)14(18)20/h10-11,19H,4-9H2,1-3H3. The highest BCUT2D eigenvalue weighted by atomic mass is 32.1. The fourth-order valence-electron chi connectivity index (χ4n) is 2.41. The van der Waals surface area contributed by atoms with Gasteiger partial charge in [0.25, 0.3) is 5.19 Å². The van der Waals surface area contributed by atoms with Crippen LogP contribution >= 0.6 is 11.3 Å². The smallest absolute Gasteiger partial charge is 0.328 e. The summed E-state index contributed by atoms with van der Waals surface area (Å²) in [4.78, 5) is 15.0. The first-order valence-electron chi connectivity index (χ1n) is 7.79. The lowest BCUT2D eigenvalue weighted by Gasteiger charge is -2.19. The molecule has 0 aromatic carbocycles. The van der Waals surface area contributed by atoms with Crippen LogP contribution in [0.15, 0.2) is 0 Å². The molecule has 23 heavy (non-hydrogen) atoms. The van der Waals surface area contributed by atoms with Crippen molar-refractivity contribution in [3.63, 3.8) is 0 Å². The van der Waals surface area contributed by atoms with E-state index >= 15 is 0 Å². The van der Waals surface area contributed by atoms with Gasteiger partial charge in [0.05, 0.1) is 13.2 Å². The summed E-state index contributed by atoms with van der Waals surface area (Å²) in [6, 6.07) is -0.764. The van der Waals surface area contributed by atoms with Gasteiger partial charge in [-0.3, -0.25) is 0 Å². The molecule has 0 aliphatic carbocycles. The third-order valence-corrected chi connectivity index (χ3v) is 4.61. The van der Waals surface area contributed by atoms with Crippen molar-refractivity contribution < 1.29 is 19.4 Å². The highest BCUT2D eigenvalue weighted by Crippen LogP contribution is 2.32. The average molecular weight is 344 g/mol. The Hall–Kier alpha value is -1.45. The summed E-state index contributed by atoms with van der Waals surface area (Å²) in [5.74, 6) is 0. The molecule has 2 amide bonds. The Morgan fingerprint density at radius 3 is 2.78 bits per heavy atom. The van der Waals surface area contributed by atoms with E-state index in [1.807, 2.05) is 0 Å². The minimum Gasteiger partial charge on any atom is -0.469 e. The summed E-state index contributed by atoms with van der Waals surface area (Å²) >= 11 is 1.16. The van der Waals surface area contributed by atoms with E-state index in [0.717, 1.165) is 24.2 Å². The van der Waals surface area contributed by atoms with Crippen LogP contribution in [0.2, 0.25) is 0 Å². The zero-order valence-corrected chi connectivity index (χ0v) is 14.6. The SMILES string of the molecule is CCCCCCOc1nnc(N2C(=O)N(C)C(COC)C2O)s1. The van der Waals surface area contributed by atoms with E-state index in [9.17, 15) is 9.90 Å². The minimum absolute atomic E-state index is 0.250. The quantitative estimate of drug-likeness (QED) is 0.686. The second-order valence-corrected chi connectivity index (χ2v) is 6.38. The Balaban J connectivity index is 1.95. The number of carbonyl (C=O) groups excluding carboxylic acids is 1. The van der Waals surface area contributed by atoms with Gasteiger partial charge in [0.1, 0.15) is 6.04 Å². The molecular weight excluding hydrogens is 320 g/mol. The molecule has 1 fully saturated rings. The van der Waals surface area contributed by atoms with E-state index in [1.54, 1.807) is 7.05 Å². The number of aliphatic hydroxyl groups excluding tert-OH is 1. The molecule has 9 heteroatoms.